The fraction of sp³-hybridized carbons (Fsp3) is 0.571. The van der Waals surface area contributed by atoms with Gasteiger partial charge in [-0.3, -0.25) is 9.59 Å². The number of rotatable bonds is 4. The Morgan fingerprint density at radius 2 is 1.11 bits per heavy atom. The Balaban J connectivity index is 4.69. The number of hydrogen-bond donors (Lipinski definition) is 2. The molecule has 0 atom stereocenters. The highest BCUT2D eigenvalue weighted by Crippen LogP contribution is 2.19. The zero-order valence-corrected chi connectivity index (χ0v) is 11.1. The van der Waals surface area contributed by atoms with Crippen molar-refractivity contribution < 1.29 is 19.8 Å². The normalized spacial score (nSPS) is 10.7. The van der Waals surface area contributed by atoms with Crippen molar-refractivity contribution >= 4 is 11.9 Å². The first-order chi connectivity index (χ1) is 8.04. The van der Waals surface area contributed by atoms with Crippen molar-refractivity contribution in [2.75, 3.05) is 0 Å². The largest absolute Gasteiger partial charge is 0.481 e. The van der Waals surface area contributed by atoms with E-state index in [-0.39, 0.29) is 12.8 Å². The lowest BCUT2D eigenvalue weighted by atomic mass is 9.89. The summed E-state index contributed by atoms with van der Waals surface area (Å²) >= 11 is 0. The van der Waals surface area contributed by atoms with E-state index in [0.29, 0.717) is 0 Å². The molecule has 0 heterocycles. The van der Waals surface area contributed by atoms with Crippen molar-refractivity contribution in [3.05, 3.63) is 0 Å². The topological polar surface area (TPSA) is 74.6 Å². The van der Waals surface area contributed by atoms with Crippen LogP contribution in [0.1, 0.15) is 40.5 Å². The molecule has 0 aliphatic carbocycles. The van der Waals surface area contributed by atoms with Crippen molar-refractivity contribution in [1.82, 2.24) is 0 Å². The van der Waals surface area contributed by atoms with Crippen molar-refractivity contribution in [2.45, 2.75) is 40.5 Å². The maximum atomic E-state index is 10.6. The molecule has 98 valence electrons. The SMILES string of the molecule is CC(C)(C#CC#CC(C)(C)CC(=O)O)CC(=O)O. The molecular weight excluding hydrogens is 232 g/mol. The molecule has 0 aromatic heterocycles. The first kappa shape index (κ1) is 16.1. The van der Waals surface area contributed by atoms with Gasteiger partial charge in [0.1, 0.15) is 0 Å². The predicted molar refractivity (Wildman–Crippen MR) is 67.6 cm³/mol. The summed E-state index contributed by atoms with van der Waals surface area (Å²) in [7, 11) is 0. The van der Waals surface area contributed by atoms with E-state index < -0.39 is 22.8 Å². The summed E-state index contributed by atoms with van der Waals surface area (Å²) in [6.45, 7) is 6.88. The first-order valence-corrected chi connectivity index (χ1v) is 5.52. The van der Waals surface area contributed by atoms with Gasteiger partial charge >= 0.3 is 11.9 Å². The molecule has 0 amide bonds. The lowest BCUT2D eigenvalue weighted by Gasteiger charge is -2.13. The minimum Gasteiger partial charge on any atom is -0.481 e. The van der Waals surface area contributed by atoms with E-state index >= 15 is 0 Å². The number of carbonyl (C=O) groups is 2. The number of carboxylic acid groups (broad SMARTS) is 2. The Labute approximate surface area is 107 Å². The van der Waals surface area contributed by atoms with Gasteiger partial charge in [0.05, 0.1) is 12.8 Å². The number of aliphatic carboxylic acids is 2. The maximum absolute atomic E-state index is 10.6. The lowest BCUT2D eigenvalue weighted by Crippen LogP contribution is -2.14. The van der Waals surface area contributed by atoms with Crippen molar-refractivity contribution in [1.29, 1.82) is 0 Å². The highest BCUT2D eigenvalue weighted by molar-refractivity contribution is 5.68. The summed E-state index contributed by atoms with van der Waals surface area (Å²) < 4.78 is 0. The van der Waals surface area contributed by atoms with Gasteiger partial charge in [-0.05, 0) is 39.5 Å². The molecule has 0 fully saturated rings. The standard InChI is InChI=1S/C14H18O4/c1-13(2,9-11(15)16)7-5-6-8-14(3,4)10-12(17)18/h9-10H2,1-4H3,(H,15,16)(H,17,18). The van der Waals surface area contributed by atoms with Crippen molar-refractivity contribution in [3.8, 4) is 23.7 Å². The van der Waals surface area contributed by atoms with Gasteiger partial charge in [0.2, 0.25) is 0 Å². The summed E-state index contributed by atoms with van der Waals surface area (Å²) in [6.07, 6.45) is -0.111. The van der Waals surface area contributed by atoms with Gasteiger partial charge in [0.25, 0.3) is 0 Å². The summed E-state index contributed by atoms with van der Waals surface area (Å²) in [4.78, 5) is 21.1. The van der Waals surface area contributed by atoms with Gasteiger partial charge in [-0.25, -0.2) is 0 Å². The molecule has 4 nitrogen and oxygen atoms in total. The Bertz CT molecular complexity index is 406. The molecule has 0 aromatic rings. The van der Waals surface area contributed by atoms with E-state index in [0.717, 1.165) is 0 Å². The molecule has 0 unspecified atom stereocenters. The fourth-order valence-corrected chi connectivity index (χ4v) is 1.25. The average molecular weight is 250 g/mol. The zero-order valence-electron chi connectivity index (χ0n) is 11.1. The van der Waals surface area contributed by atoms with Gasteiger partial charge in [0, 0.05) is 10.8 Å². The van der Waals surface area contributed by atoms with Crippen LogP contribution < -0.4 is 0 Å². The van der Waals surface area contributed by atoms with Crippen LogP contribution in [0.2, 0.25) is 0 Å². The molecule has 0 bridgehead atoms. The smallest absolute Gasteiger partial charge is 0.304 e. The summed E-state index contributed by atoms with van der Waals surface area (Å²) in [5.74, 6) is 8.90. The van der Waals surface area contributed by atoms with Crippen LogP contribution in [0.3, 0.4) is 0 Å². The van der Waals surface area contributed by atoms with Crippen LogP contribution in [0.5, 0.6) is 0 Å². The third kappa shape index (κ3) is 8.24. The number of carboxylic acids is 2. The van der Waals surface area contributed by atoms with E-state index in [1.807, 2.05) is 0 Å². The predicted octanol–water partition coefficient (Wildman–Crippen LogP) is 1.99. The molecular formula is C14H18O4. The summed E-state index contributed by atoms with van der Waals surface area (Å²) in [5.41, 5.74) is -1.28. The molecule has 0 saturated carbocycles. The molecule has 0 aliphatic heterocycles. The monoisotopic (exact) mass is 250 g/mol. The second kappa shape index (κ2) is 6.12. The van der Waals surface area contributed by atoms with Gasteiger partial charge in [0.15, 0.2) is 0 Å². The van der Waals surface area contributed by atoms with E-state index in [1.165, 1.54) is 0 Å². The maximum Gasteiger partial charge on any atom is 0.304 e. The summed E-state index contributed by atoms with van der Waals surface area (Å²) in [5, 5.41) is 17.3. The fourth-order valence-electron chi connectivity index (χ4n) is 1.25. The zero-order chi connectivity index (χ0) is 14.4. The van der Waals surface area contributed by atoms with Gasteiger partial charge in [-0.1, -0.05) is 11.8 Å². The van der Waals surface area contributed by atoms with Crippen molar-refractivity contribution in [2.24, 2.45) is 10.8 Å². The third-order valence-corrected chi connectivity index (χ3v) is 2.05. The molecule has 0 aliphatic rings. The minimum atomic E-state index is -0.909. The van der Waals surface area contributed by atoms with Crippen molar-refractivity contribution in [3.63, 3.8) is 0 Å². The Morgan fingerprint density at radius 1 is 0.833 bits per heavy atom. The molecule has 0 aromatic carbocycles. The third-order valence-electron chi connectivity index (χ3n) is 2.05. The molecule has 0 saturated heterocycles. The van der Waals surface area contributed by atoms with E-state index in [2.05, 4.69) is 23.7 Å². The lowest BCUT2D eigenvalue weighted by molar-refractivity contribution is -0.139. The average Bonchev–Trinajstić information content (AvgIpc) is 2.08. The molecule has 0 rings (SSSR count). The van der Waals surface area contributed by atoms with E-state index in [4.69, 9.17) is 10.2 Å². The Kier molecular flexibility index (Phi) is 5.46. The highest BCUT2D eigenvalue weighted by atomic mass is 16.4. The van der Waals surface area contributed by atoms with E-state index in [1.54, 1.807) is 27.7 Å². The van der Waals surface area contributed by atoms with Gasteiger partial charge < -0.3 is 10.2 Å². The van der Waals surface area contributed by atoms with Crippen LogP contribution in [0.25, 0.3) is 0 Å². The van der Waals surface area contributed by atoms with Crippen LogP contribution >= 0.6 is 0 Å². The Morgan fingerprint density at radius 3 is 1.33 bits per heavy atom. The van der Waals surface area contributed by atoms with Crippen LogP contribution in [-0.2, 0) is 9.59 Å². The number of hydrogen-bond acceptors (Lipinski definition) is 2. The van der Waals surface area contributed by atoms with Crippen LogP contribution in [0, 0.1) is 34.5 Å². The molecule has 0 radical (unpaired) electrons. The first-order valence-electron chi connectivity index (χ1n) is 5.52. The molecule has 2 N–H and O–H groups in total. The van der Waals surface area contributed by atoms with Gasteiger partial charge in [-0.15, -0.1) is 0 Å². The van der Waals surface area contributed by atoms with Crippen LogP contribution in [-0.4, -0.2) is 22.2 Å². The molecule has 18 heavy (non-hydrogen) atoms. The van der Waals surface area contributed by atoms with Crippen LogP contribution in [0.4, 0.5) is 0 Å². The second-order valence-corrected chi connectivity index (χ2v) is 5.41. The second-order valence-electron chi connectivity index (χ2n) is 5.41. The van der Waals surface area contributed by atoms with Gasteiger partial charge in [-0.2, -0.15) is 0 Å². The quantitative estimate of drug-likeness (QED) is 0.748. The van der Waals surface area contributed by atoms with Crippen LogP contribution in [0.15, 0.2) is 0 Å². The minimum absolute atomic E-state index is 0.0554. The molecule has 0 spiro atoms. The van der Waals surface area contributed by atoms with E-state index in [9.17, 15) is 9.59 Å². The Hall–Kier alpha value is -1.94. The highest BCUT2D eigenvalue weighted by Gasteiger charge is 2.19. The molecule has 4 heteroatoms. The summed E-state index contributed by atoms with van der Waals surface area (Å²) in [6, 6.07) is 0.